The Morgan fingerprint density at radius 2 is 2.11 bits per heavy atom. The van der Waals surface area contributed by atoms with Crippen molar-refractivity contribution in [3.8, 4) is 11.3 Å². The SMILES string of the molecule is CCc1nn(C)cc1-c1nc(C2CC2)n(CC)c1N. The Balaban J connectivity index is 2.14. The molecule has 3 rings (SSSR count). The largest absolute Gasteiger partial charge is 0.383 e. The number of aryl methyl sites for hydroxylation is 2. The molecule has 1 saturated carbocycles. The van der Waals surface area contributed by atoms with Crippen LogP contribution in [0, 0.1) is 0 Å². The van der Waals surface area contributed by atoms with E-state index in [0.717, 1.165) is 41.6 Å². The number of nitrogen functional groups attached to an aromatic ring is 1. The zero-order valence-corrected chi connectivity index (χ0v) is 11.8. The molecule has 0 amide bonds. The highest BCUT2D eigenvalue weighted by Crippen LogP contribution is 2.42. The van der Waals surface area contributed by atoms with Crippen LogP contribution in [-0.2, 0) is 20.0 Å². The lowest BCUT2D eigenvalue weighted by Gasteiger charge is -2.05. The molecular weight excluding hydrogens is 238 g/mol. The summed E-state index contributed by atoms with van der Waals surface area (Å²) in [5, 5.41) is 4.48. The van der Waals surface area contributed by atoms with Gasteiger partial charge in [-0.15, -0.1) is 0 Å². The normalized spacial score (nSPS) is 15.1. The molecule has 0 unspecified atom stereocenters. The van der Waals surface area contributed by atoms with Crippen LogP contribution >= 0.6 is 0 Å². The molecule has 1 fully saturated rings. The van der Waals surface area contributed by atoms with Crippen LogP contribution < -0.4 is 5.73 Å². The molecule has 0 bridgehead atoms. The number of nitrogens with zero attached hydrogens (tertiary/aromatic N) is 4. The van der Waals surface area contributed by atoms with Crippen molar-refractivity contribution in [1.29, 1.82) is 0 Å². The molecule has 102 valence electrons. The summed E-state index contributed by atoms with van der Waals surface area (Å²) in [5.74, 6) is 2.55. The van der Waals surface area contributed by atoms with Gasteiger partial charge in [-0.1, -0.05) is 6.92 Å². The second kappa shape index (κ2) is 4.40. The number of hydrogen-bond acceptors (Lipinski definition) is 3. The predicted octanol–water partition coefficient (Wildman–Crippen LogP) is 2.33. The second-order valence-corrected chi connectivity index (χ2v) is 5.24. The maximum absolute atomic E-state index is 6.31. The zero-order valence-electron chi connectivity index (χ0n) is 11.8. The maximum Gasteiger partial charge on any atom is 0.131 e. The van der Waals surface area contributed by atoms with E-state index in [2.05, 4.69) is 23.5 Å². The van der Waals surface area contributed by atoms with Gasteiger partial charge in [-0.25, -0.2) is 4.98 Å². The first kappa shape index (κ1) is 12.3. The van der Waals surface area contributed by atoms with Crippen LogP contribution in [0.4, 0.5) is 5.82 Å². The first-order valence-electron chi connectivity index (χ1n) is 7.04. The average Bonchev–Trinajstić information content (AvgIpc) is 3.09. The zero-order chi connectivity index (χ0) is 13.6. The van der Waals surface area contributed by atoms with E-state index >= 15 is 0 Å². The number of nitrogens with two attached hydrogens (primary N) is 1. The number of anilines is 1. The van der Waals surface area contributed by atoms with Gasteiger partial charge >= 0.3 is 0 Å². The van der Waals surface area contributed by atoms with E-state index in [-0.39, 0.29) is 0 Å². The molecule has 2 aromatic heterocycles. The Hall–Kier alpha value is -1.78. The summed E-state index contributed by atoms with van der Waals surface area (Å²) in [6, 6.07) is 0. The lowest BCUT2D eigenvalue weighted by atomic mass is 10.1. The topological polar surface area (TPSA) is 61.7 Å². The molecule has 5 heteroatoms. The third-order valence-electron chi connectivity index (χ3n) is 3.79. The van der Waals surface area contributed by atoms with Gasteiger partial charge in [-0.2, -0.15) is 5.10 Å². The third kappa shape index (κ3) is 1.93. The van der Waals surface area contributed by atoms with Gasteiger partial charge in [0.2, 0.25) is 0 Å². The molecule has 0 saturated heterocycles. The first-order valence-corrected chi connectivity index (χ1v) is 7.04. The molecule has 2 aromatic rings. The highest BCUT2D eigenvalue weighted by Gasteiger charge is 2.31. The summed E-state index contributed by atoms with van der Waals surface area (Å²) in [6.45, 7) is 5.12. The van der Waals surface area contributed by atoms with Crippen LogP contribution in [0.5, 0.6) is 0 Å². The van der Waals surface area contributed by atoms with E-state index in [1.54, 1.807) is 0 Å². The van der Waals surface area contributed by atoms with E-state index in [1.165, 1.54) is 12.8 Å². The van der Waals surface area contributed by atoms with Crippen LogP contribution in [0.1, 0.15) is 44.1 Å². The van der Waals surface area contributed by atoms with Crippen molar-refractivity contribution in [3.63, 3.8) is 0 Å². The van der Waals surface area contributed by atoms with E-state index in [9.17, 15) is 0 Å². The van der Waals surface area contributed by atoms with Crippen molar-refractivity contribution in [1.82, 2.24) is 19.3 Å². The highest BCUT2D eigenvalue weighted by molar-refractivity contribution is 5.72. The minimum atomic E-state index is 0.609. The molecule has 0 atom stereocenters. The second-order valence-electron chi connectivity index (χ2n) is 5.24. The van der Waals surface area contributed by atoms with Crippen molar-refractivity contribution in [2.45, 2.75) is 45.6 Å². The molecule has 0 radical (unpaired) electrons. The molecule has 0 aromatic carbocycles. The molecule has 2 heterocycles. The minimum Gasteiger partial charge on any atom is -0.383 e. The molecule has 1 aliphatic carbocycles. The van der Waals surface area contributed by atoms with Gasteiger partial charge < -0.3 is 10.3 Å². The van der Waals surface area contributed by atoms with Crippen LogP contribution in [0.2, 0.25) is 0 Å². The monoisotopic (exact) mass is 259 g/mol. The Kier molecular flexibility index (Phi) is 2.84. The molecule has 19 heavy (non-hydrogen) atoms. The highest BCUT2D eigenvalue weighted by atomic mass is 15.3. The maximum atomic E-state index is 6.31. The van der Waals surface area contributed by atoms with Gasteiger partial charge in [0.15, 0.2) is 0 Å². The molecule has 5 nitrogen and oxygen atoms in total. The molecular formula is C14H21N5. The van der Waals surface area contributed by atoms with Gasteiger partial charge in [-0.3, -0.25) is 4.68 Å². The van der Waals surface area contributed by atoms with Crippen LogP contribution in [0.15, 0.2) is 6.20 Å². The Morgan fingerprint density at radius 3 is 2.68 bits per heavy atom. The van der Waals surface area contributed by atoms with E-state index in [1.807, 2.05) is 17.9 Å². The van der Waals surface area contributed by atoms with E-state index in [0.29, 0.717) is 5.92 Å². The third-order valence-corrected chi connectivity index (χ3v) is 3.79. The van der Waals surface area contributed by atoms with Gasteiger partial charge in [-0.05, 0) is 26.2 Å². The average molecular weight is 259 g/mol. The van der Waals surface area contributed by atoms with E-state index in [4.69, 9.17) is 10.7 Å². The van der Waals surface area contributed by atoms with Crippen LogP contribution in [0.3, 0.4) is 0 Å². The Labute approximate surface area is 113 Å². The van der Waals surface area contributed by atoms with Crippen molar-refractivity contribution in [3.05, 3.63) is 17.7 Å². The first-order chi connectivity index (χ1) is 9.15. The summed E-state index contributed by atoms with van der Waals surface area (Å²) in [4.78, 5) is 4.82. The van der Waals surface area contributed by atoms with Crippen LogP contribution in [0.25, 0.3) is 11.3 Å². The quantitative estimate of drug-likeness (QED) is 0.916. The lowest BCUT2D eigenvalue weighted by Crippen LogP contribution is -2.04. The molecule has 0 aliphatic heterocycles. The summed E-state index contributed by atoms with van der Waals surface area (Å²) in [5.41, 5.74) is 9.37. The fraction of sp³-hybridized carbons (Fsp3) is 0.571. The van der Waals surface area contributed by atoms with Crippen LogP contribution in [-0.4, -0.2) is 19.3 Å². The summed E-state index contributed by atoms with van der Waals surface area (Å²) in [7, 11) is 1.94. The van der Waals surface area contributed by atoms with E-state index < -0.39 is 0 Å². The van der Waals surface area contributed by atoms with Crippen molar-refractivity contribution < 1.29 is 0 Å². The van der Waals surface area contributed by atoms with Gasteiger partial charge in [0, 0.05) is 31.3 Å². The van der Waals surface area contributed by atoms with Gasteiger partial charge in [0.05, 0.1) is 5.69 Å². The molecule has 0 spiro atoms. The van der Waals surface area contributed by atoms with Crippen molar-refractivity contribution >= 4 is 5.82 Å². The number of imidazole rings is 1. The summed E-state index contributed by atoms with van der Waals surface area (Å²) >= 11 is 0. The fourth-order valence-electron chi connectivity index (χ4n) is 2.66. The number of hydrogen-bond donors (Lipinski definition) is 1. The Morgan fingerprint density at radius 1 is 1.37 bits per heavy atom. The predicted molar refractivity (Wildman–Crippen MR) is 75.9 cm³/mol. The lowest BCUT2D eigenvalue weighted by molar-refractivity contribution is 0.708. The molecule has 1 aliphatic rings. The van der Waals surface area contributed by atoms with Gasteiger partial charge in [0.25, 0.3) is 0 Å². The Bertz CT molecular complexity index is 604. The fourth-order valence-corrected chi connectivity index (χ4v) is 2.66. The molecule has 2 N–H and O–H groups in total. The number of aromatic nitrogens is 4. The number of rotatable bonds is 4. The summed E-state index contributed by atoms with van der Waals surface area (Å²) in [6.07, 6.45) is 5.40. The van der Waals surface area contributed by atoms with Crippen molar-refractivity contribution in [2.75, 3.05) is 5.73 Å². The standard InChI is InChI=1S/C14H21N5/c1-4-11-10(8-18(3)17-11)12-13(15)19(5-2)14(16-12)9-6-7-9/h8-9H,4-7,15H2,1-3H3. The summed E-state index contributed by atoms with van der Waals surface area (Å²) < 4.78 is 3.99. The minimum absolute atomic E-state index is 0.609. The van der Waals surface area contributed by atoms with Crippen molar-refractivity contribution in [2.24, 2.45) is 7.05 Å². The van der Waals surface area contributed by atoms with Gasteiger partial charge in [0.1, 0.15) is 17.3 Å². The smallest absolute Gasteiger partial charge is 0.131 e.